The third-order valence-corrected chi connectivity index (χ3v) is 2.32. The minimum atomic E-state index is -0.739. The van der Waals surface area contributed by atoms with Crippen LogP contribution in [-0.2, 0) is 0 Å². The van der Waals surface area contributed by atoms with Crippen molar-refractivity contribution in [2.24, 2.45) is 0 Å². The van der Waals surface area contributed by atoms with Gasteiger partial charge in [-0.1, -0.05) is 0 Å². The Morgan fingerprint density at radius 2 is 2.20 bits per heavy atom. The van der Waals surface area contributed by atoms with E-state index in [1.807, 2.05) is 0 Å². The number of halogens is 1. The molecule has 1 unspecified atom stereocenters. The first-order valence-electron chi connectivity index (χ1n) is 4.61. The van der Waals surface area contributed by atoms with Gasteiger partial charge in [0.1, 0.15) is 5.82 Å². The molecule has 78 valence electrons. The molecular weight excluding hydrogens is 195 g/mol. The number of rotatable bonds is 1. The van der Waals surface area contributed by atoms with E-state index in [1.54, 1.807) is 13.0 Å². The Morgan fingerprint density at radius 3 is 2.87 bits per heavy atom. The minimum Gasteiger partial charge on any atom is -0.397 e. The highest BCUT2D eigenvalue weighted by Crippen LogP contribution is 2.28. The van der Waals surface area contributed by atoms with Crippen LogP contribution in [0.3, 0.4) is 0 Å². The first-order chi connectivity index (χ1) is 7.09. The standard InChI is InChI=1S/C11H11FN2O/c1-6(15)11-8-4-7(12)2-3-10(8)14-5-9(11)13/h2-6,15H,13H2,1H3. The van der Waals surface area contributed by atoms with Crippen molar-refractivity contribution in [2.75, 3.05) is 5.73 Å². The second kappa shape index (κ2) is 3.47. The van der Waals surface area contributed by atoms with Crippen molar-refractivity contribution >= 4 is 16.6 Å². The second-order valence-corrected chi connectivity index (χ2v) is 3.46. The number of aromatic nitrogens is 1. The quantitative estimate of drug-likeness (QED) is 0.750. The monoisotopic (exact) mass is 206 g/mol. The molecule has 3 nitrogen and oxygen atoms in total. The summed E-state index contributed by atoms with van der Waals surface area (Å²) in [6, 6.07) is 4.23. The van der Waals surface area contributed by atoms with E-state index >= 15 is 0 Å². The summed E-state index contributed by atoms with van der Waals surface area (Å²) < 4.78 is 13.1. The van der Waals surface area contributed by atoms with E-state index in [9.17, 15) is 9.50 Å². The maximum absolute atomic E-state index is 13.1. The molecule has 0 spiro atoms. The van der Waals surface area contributed by atoms with Crippen LogP contribution < -0.4 is 5.73 Å². The predicted octanol–water partition coefficient (Wildman–Crippen LogP) is 2.01. The summed E-state index contributed by atoms with van der Waals surface area (Å²) in [5.41, 5.74) is 7.22. The van der Waals surface area contributed by atoms with Crippen LogP contribution in [0.2, 0.25) is 0 Å². The number of aliphatic hydroxyl groups excluding tert-OH is 1. The molecule has 0 aliphatic heterocycles. The molecule has 0 bridgehead atoms. The highest BCUT2D eigenvalue weighted by molar-refractivity contribution is 5.86. The first kappa shape index (κ1) is 9.86. The van der Waals surface area contributed by atoms with E-state index in [1.165, 1.54) is 18.3 Å². The number of hydrogen-bond acceptors (Lipinski definition) is 3. The number of benzene rings is 1. The van der Waals surface area contributed by atoms with E-state index in [-0.39, 0.29) is 5.82 Å². The Hall–Kier alpha value is -1.68. The molecule has 2 rings (SSSR count). The molecule has 1 atom stereocenters. The second-order valence-electron chi connectivity index (χ2n) is 3.46. The van der Waals surface area contributed by atoms with Gasteiger partial charge in [-0.2, -0.15) is 0 Å². The molecule has 1 aromatic heterocycles. The molecule has 0 radical (unpaired) electrons. The summed E-state index contributed by atoms with van der Waals surface area (Å²) >= 11 is 0. The van der Waals surface area contributed by atoms with Gasteiger partial charge in [0.2, 0.25) is 0 Å². The fourth-order valence-electron chi connectivity index (χ4n) is 1.67. The van der Waals surface area contributed by atoms with E-state index in [0.29, 0.717) is 22.2 Å². The van der Waals surface area contributed by atoms with Crippen LogP contribution in [-0.4, -0.2) is 10.1 Å². The number of aliphatic hydroxyl groups is 1. The summed E-state index contributed by atoms with van der Waals surface area (Å²) in [6.07, 6.45) is 0.736. The number of anilines is 1. The van der Waals surface area contributed by atoms with E-state index < -0.39 is 6.10 Å². The number of fused-ring (bicyclic) bond motifs is 1. The van der Waals surface area contributed by atoms with Crippen molar-refractivity contribution in [2.45, 2.75) is 13.0 Å². The van der Waals surface area contributed by atoms with Gasteiger partial charge in [0.05, 0.1) is 23.5 Å². The SMILES string of the molecule is CC(O)c1c(N)cnc2ccc(F)cc12. The molecule has 0 fully saturated rings. The van der Waals surface area contributed by atoms with Gasteiger partial charge in [-0.15, -0.1) is 0 Å². The molecule has 0 aliphatic carbocycles. The zero-order chi connectivity index (χ0) is 11.0. The Labute approximate surface area is 86.4 Å². The number of nitrogens with zero attached hydrogens (tertiary/aromatic N) is 1. The fraction of sp³-hybridized carbons (Fsp3) is 0.182. The third kappa shape index (κ3) is 1.64. The predicted molar refractivity (Wildman–Crippen MR) is 56.7 cm³/mol. The molecule has 0 amide bonds. The summed E-state index contributed by atoms with van der Waals surface area (Å²) in [5.74, 6) is -0.364. The smallest absolute Gasteiger partial charge is 0.123 e. The van der Waals surface area contributed by atoms with Gasteiger partial charge in [0.15, 0.2) is 0 Å². The van der Waals surface area contributed by atoms with Crippen molar-refractivity contribution < 1.29 is 9.50 Å². The van der Waals surface area contributed by atoms with E-state index in [0.717, 1.165) is 0 Å². The average molecular weight is 206 g/mol. The summed E-state index contributed by atoms with van der Waals surface area (Å²) in [7, 11) is 0. The zero-order valence-electron chi connectivity index (χ0n) is 8.24. The van der Waals surface area contributed by atoms with Gasteiger partial charge >= 0.3 is 0 Å². The lowest BCUT2D eigenvalue weighted by molar-refractivity contribution is 0.201. The van der Waals surface area contributed by atoms with Crippen molar-refractivity contribution in [3.05, 3.63) is 35.8 Å². The lowest BCUT2D eigenvalue weighted by atomic mass is 10.0. The molecule has 0 saturated heterocycles. The molecule has 1 heterocycles. The lowest BCUT2D eigenvalue weighted by Gasteiger charge is -2.11. The fourth-order valence-corrected chi connectivity index (χ4v) is 1.67. The van der Waals surface area contributed by atoms with Crippen molar-refractivity contribution in [3.8, 4) is 0 Å². The molecule has 0 saturated carbocycles. The van der Waals surface area contributed by atoms with Crippen LogP contribution in [0.5, 0.6) is 0 Å². The first-order valence-corrected chi connectivity index (χ1v) is 4.61. The zero-order valence-corrected chi connectivity index (χ0v) is 8.24. The number of pyridine rings is 1. The Kier molecular flexibility index (Phi) is 2.28. The maximum atomic E-state index is 13.1. The van der Waals surface area contributed by atoms with Gasteiger partial charge in [0, 0.05) is 10.9 Å². The van der Waals surface area contributed by atoms with E-state index in [2.05, 4.69) is 4.98 Å². The van der Waals surface area contributed by atoms with Crippen LogP contribution in [0.15, 0.2) is 24.4 Å². The van der Waals surface area contributed by atoms with Crippen molar-refractivity contribution in [3.63, 3.8) is 0 Å². The van der Waals surface area contributed by atoms with Gasteiger partial charge in [0.25, 0.3) is 0 Å². The van der Waals surface area contributed by atoms with Crippen LogP contribution in [0.1, 0.15) is 18.6 Å². The summed E-state index contributed by atoms with van der Waals surface area (Å²) in [4.78, 5) is 4.06. The average Bonchev–Trinajstić information content (AvgIpc) is 2.16. The van der Waals surface area contributed by atoms with Crippen molar-refractivity contribution in [1.29, 1.82) is 0 Å². The Balaban J connectivity index is 2.84. The van der Waals surface area contributed by atoms with Gasteiger partial charge in [-0.25, -0.2) is 4.39 Å². The molecule has 0 aliphatic rings. The molecule has 3 N–H and O–H groups in total. The lowest BCUT2D eigenvalue weighted by Crippen LogP contribution is -2.01. The Morgan fingerprint density at radius 1 is 1.47 bits per heavy atom. The summed E-state index contributed by atoms with van der Waals surface area (Å²) in [6.45, 7) is 1.59. The van der Waals surface area contributed by atoms with Crippen molar-refractivity contribution in [1.82, 2.24) is 4.98 Å². The Bertz CT molecular complexity index is 506. The molecule has 15 heavy (non-hydrogen) atoms. The van der Waals surface area contributed by atoms with Crippen LogP contribution in [0, 0.1) is 5.82 Å². The molecule has 4 heteroatoms. The number of nitrogens with two attached hydrogens (primary N) is 1. The third-order valence-electron chi connectivity index (χ3n) is 2.32. The van der Waals surface area contributed by atoms with Gasteiger partial charge in [-0.3, -0.25) is 4.98 Å². The largest absolute Gasteiger partial charge is 0.397 e. The normalized spacial score (nSPS) is 13.0. The number of hydrogen-bond donors (Lipinski definition) is 2. The van der Waals surface area contributed by atoms with E-state index in [4.69, 9.17) is 5.73 Å². The van der Waals surface area contributed by atoms with Crippen LogP contribution in [0.25, 0.3) is 10.9 Å². The van der Waals surface area contributed by atoms with Gasteiger partial charge < -0.3 is 10.8 Å². The summed E-state index contributed by atoms with van der Waals surface area (Å²) in [5, 5.41) is 10.1. The number of nitrogen functional groups attached to an aromatic ring is 1. The highest BCUT2D eigenvalue weighted by Gasteiger charge is 2.11. The maximum Gasteiger partial charge on any atom is 0.123 e. The van der Waals surface area contributed by atoms with Crippen LogP contribution >= 0.6 is 0 Å². The van der Waals surface area contributed by atoms with Gasteiger partial charge in [-0.05, 0) is 25.1 Å². The van der Waals surface area contributed by atoms with Crippen LogP contribution in [0.4, 0.5) is 10.1 Å². The highest BCUT2D eigenvalue weighted by atomic mass is 19.1. The topological polar surface area (TPSA) is 59.1 Å². The molecule has 1 aromatic carbocycles. The minimum absolute atomic E-state index is 0.364. The molecular formula is C11H11FN2O. The molecule has 2 aromatic rings.